The summed E-state index contributed by atoms with van der Waals surface area (Å²) in [6.07, 6.45) is 4.27. The van der Waals surface area contributed by atoms with Crippen molar-refractivity contribution in [2.24, 2.45) is 0 Å². The van der Waals surface area contributed by atoms with Gasteiger partial charge in [-0.25, -0.2) is 4.98 Å². The maximum Gasteiger partial charge on any atom is 0.258 e. The van der Waals surface area contributed by atoms with E-state index in [4.69, 9.17) is 0 Å². The second-order valence-electron chi connectivity index (χ2n) is 4.26. The van der Waals surface area contributed by atoms with Gasteiger partial charge in [0.1, 0.15) is 5.82 Å². The topological polar surface area (TPSA) is 67.8 Å². The monoisotopic (exact) mass is 253 g/mol. The van der Waals surface area contributed by atoms with E-state index in [1.165, 1.54) is 0 Å². The van der Waals surface area contributed by atoms with Gasteiger partial charge in [0.05, 0.1) is 17.4 Å². The van der Waals surface area contributed by atoms with E-state index in [9.17, 15) is 9.59 Å². The summed E-state index contributed by atoms with van der Waals surface area (Å²) in [6, 6.07) is 8.91. The minimum Gasteiger partial charge on any atom is -0.346 e. The third-order valence-electron chi connectivity index (χ3n) is 2.90. The molecule has 2 aromatic heterocycles. The lowest BCUT2D eigenvalue weighted by atomic mass is 10.2. The van der Waals surface area contributed by atoms with Crippen molar-refractivity contribution >= 4 is 17.2 Å². The van der Waals surface area contributed by atoms with Crippen LogP contribution in [0.1, 0.15) is 16.2 Å². The lowest BCUT2D eigenvalue weighted by Crippen LogP contribution is -2.13. The number of nitrogens with zero attached hydrogens (tertiary/aromatic N) is 2. The van der Waals surface area contributed by atoms with Crippen LogP contribution in [-0.4, -0.2) is 20.8 Å². The maximum absolute atomic E-state index is 11.9. The summed E-state index contributed by atoms with van der Waals surface area (Å²) >= 11 is 0. The minimum atomic E-state index is -0.150. The first-order chi connectivity index (χ1) is 9.26. The van der Waals surface area contributed by atoms with Gasteiger partial charge in [0.15, 0.2) is 6.29 Å². The normalized spacial score (nSPS) is 10.7. The number of carbonyl (C=O) groups is 1. The third-order valence-corrected chi connectivity index (χ3v) is 2.90. The molecule has 0 saturated carbocycles. The molecule has 19 heavy (non-hydrogen) atoms. The summed E-state index contributed by atoms with van der Waals surface area (Å²) in [5.74, 6) is 0.566. The second-order valence-corrected chi connectivity index (χ2v) is 4.26. The lowest BCUT2D eigenvalue weighted by molar-refractivity contribution is 0.112. The number of benzene rings is 1. The fourth-order valence-electron chi connectivity index (χ4n) is 2.01. The summed E-state index contributed by atoms with van der Waals surface area (Å²) in [7, 11) is 0. The summed E-state index contributed by atoms with van der Waals surface area (Å²) in [6.45, 7) is 0.425. The Morgan fingerprint density at radius 3 is 2.89 bits per heavy atom. The Labute approximate surface area is 108 Å². The van der Waals surface area contributed by atoms with Crippen LogP contribution < -0.4 is 5.56 Å². The van der Waals surface area contributed by atoms with E-state index in [0.717, 1.165) is 6.29 Å². The first-order valence-corrected chi connectivity index (χ1v) is 5.85. The summed E-state index contributed by atoms with van der Waals surface area (Å²) in [5.41, 5.74) is 1.12. The molecule has 3 aromatic rings. The molecule has 3 rings (SSSR count). The van der Waals surface area contributed by atoms with Crippen LogP contribution in [0.4, 0.5) is 0 Å². The van der Waals surface area contributed by atoms with Crippen LogP contribution in [0, 0.1) is 0 Å². The molecule has 0 aliphatic heterocycles. The molecule has 1 aromatic carbocycles. The number of fused-ring (bicyclic) bond motifs is 1. The second kappa shape index (κ2) is 4.53. The number of rotatable bonds is 3. The van der Waals surface area contributed by atoms with Gasteiger partial charge < -0.3 is 9.55 Å². The Balaban J connectivity index is 2.01. The number of nitrogens with one attached hydrogen (secondary N) is 1. The molecule has 94 valence electrons. The Hall–Kier alpha value is -2.69. The number of aromatic nitrogens is 3. The smallest absolute Gasteiger partial charge is 0.258 e. The van der Waals surface area contributed by atoms with E-state index in [0.29, 0.717) is 28.8 Å². The fraction of sp³-hybridized carbons (Fsp3) is 0.0714. The van der Waals surface area contributed by atoms with E-state index in [-0.39, 0.29) is 5.56 Å². The average Bonchev–Trinajstić information content (AvgIpc) is 2.86. The van der Waals surface area contributed by atoms with Gasteiger partial charge in [-0.15, -0.1) is 0 Å². The van der Waals surface area contributed by atoms with Crippen LogP contribution in [0.25, 0.3) is 10.9 Å². The summed E-state index contributed by atoms with van der Waals surface area (Å²) in [5, 5.41) is 0.576. The molecule has 0 atom stereocenters. The molecule has 0 spiro atoms. The molecule has 0 radical (unpaired) electrons. The predicted octanol–water partition coefficient (Wildman–Crippen LogP) is 1.59. The fourth-order valence-corrected chi connectivity index (χ4v) is 2.01. The quantitative estimate of drug-likeness (QED) is 0.721. The highest BCUT2D eigenvalue weighted by atomic mass is 16.1. The molecule has 0 unspecified atom stereocenters. The summed E-state index contributed by atoms with van der Waals surface area (Å²) < 4.78 is 1.80. The number of carbonyl (C=O) groups excluding carboxylic acids is 1. The zero-order chi connectivity index (χ0) is 13.2. The van der Waals surface area contributed by atoms with Gasteiger partial charge in [0, 0.05) is 18.0 Å². The molecule has 0 fully saturated rings. The Kier molecular flexibility index (Phi) is 2.72. The molecule has 5 nitrogen and oxygen atoms in total. The first kappa shape index (κ1) is 11.4. The predicted molar refractivity (Wildman–Crippen MR) is 71.3 cm³/mol. The van der Waals surface area contributed by atoms with Crippen molar-refractivity contribution in [2.75, 3.05) is 0 Å². The molecular formula is C14H11N3O2. The summed E-state index contributed by atoms with van der Waals surface area (Å²) in [4.78, 5) is 29.7. The number of hydrogen-bond donors (Lipinski definition) is 1. The highest BCUT2D eigenvalue weighted by Crippen LogP contribution is 2.07. The molecule has 2 heterocycles. The molecule has 5 heteroatoms. The number of aromatic amines is 1. The molecular weight excluding hydrogens is 242 g/mol. The number of hydrogen-bond acceptors (Lipinski definition) is 3. The van der Waals surface area contributed by atoms with Crippen LogP contribution in [0.3, 0.4) is 0 Å². The van der Waals surface area contributed by atoms with E-state index in [1.54, 1.807) is 41.2 Å². The van der Waals surface area contributed by atoms with Gasteiger partial charge in [-0.05, 0) is 18.2 Å². The van der Waals surface area contributed by atoms with Crippen LogP contribution in [0.15, 0.2) is 47.5 Å². The third kappa shape index (κ3) is 2.18. The van der Waals surface area contributed by atoms with Crippen molar-refractivity contribution < 1.29 is 4.79 Å². The molecule has 1 N–H and O–H groups in total. The molecule has 0 bridgehead atoms. The van der Waals surface area contributed by atoms with E-state index in [1.807, 2.05) is 6.07 Å². The van der Waals surface area contributed by atoms with Crippen molar-refractivity contribution in [2.45, 2.75) is 6.54 Å². The Morgan fingerprint density at radius 2 is 2.11 bits per heavy atom. The number of H-pyrrole nitrogens is 1. The molecule has 0 aliphatic carbocycles. The largest absolute Gasteiger partial charge is 0.346 e. The van der Waals surface area contributed by atoms with E-state index in [2.05, 4.69) is 9.97 Å². The average molecular weight is 253 g/mol. The zero-order valence-electron chi connectivity index (χ0n) is 10.0. The van der Waals surface area contributed by atoms with Crippen LogP contribution in [-0.2, 0) is 6.54 Å². The number of para-hydroxylation sites is 1. The lowest BCUT2D eigenvalue weighted by Gasteiger charge is -2.04. The van der Waals surface area contributed by atoms with Crippen molar-refractivity contribution in [3.05, 3.63) is 64.5 Å². The van der Waals surface area contributed by atoms with Crippen LogP contribution >= 0.6 is 0 Å². The number of aldehydes is 1. The van der Waals surface area contributed by atoms with Crippen LogP contribution in [0.2, 0.25) is 0 Å². The minimum absolute atomic E-state index is 0.150. The maximum atomic E-state index is 11.9. The highest BCUT2D eigenvalue weighted by Gasteiger charge is 2.04. The van der Waals surface area contributed by atoms with Crippen molar-refractivity contribution in [3.8, 4) is 0 Å². The van der Waals surface area contributed by atoms with Crippen LogP contribution in [0.5, 0.6) is 0 Å². The van der Waals surface area contributed by atoms with Gasteiger partial charge in [0.25, 0.3) is 5.56 Å². The highest BCUT2D eigenvalue weighted by molar-refractivity contribution is 5.77. The first-order valence-electron chi connectivity index (χ1n) is 5.85. The Bertz CT molecular complexity index is 802. The van der Waals surface area contributed by atoms with Gasteiger partial charge in [-0.2, -0.15) is 0 Å². The van der Waals surface area contributed by atoms with Crippen molar-refractivity contribution in [3.63, 3.8) is 0 Å². The SMILES string of the molecule is O=Cc1ccn(Cc2nc3ccccc3c(=O)[nH]2)c1. The standard InChI is InChI=1S/C14H11N3O2/c18-9-10-5-6-17(7-10)8-13-15-12-4-2-1-3-11(12)14(19)16-13/h1-7,9H,8H2,(H,15,16,19). The zero-order valence-corrected chi connectivity index (χ0v) is 10.0. The molecule has 0 aliphatic rings. The molecule has 0 saturated heterocycles. The van der Waals surface area contributed by atoms with Crippen molar-refractivity contribution in [1.82, 2.24) is 14.5 Å². The van der Waals surface area contributed by atoms with Gasteiger partial charge in [-0.1, -0.05) is 12.1 Å². The van der Waals surface area contributed by atoms with Gasteiger partial charge >= 0.3 is 0 Å². The Morgan fingerprint density at radius 1 is 1.26 bits per heavy atom. The van der Waals surface area contributed by atoms with E-state index < -0.39 is 0 Å². The molecule has 0 amide bonds. The van der Waals surface area contributed by atoms with Gasteiger partial charge in [0.2, 0.25) is 0 Å². The van der Waals surface area contributed by atoms with Gasteiger partial charge in [-0.3, -0.25) is 9.59 Å². The van der Waals surface area contributed by atoms with E-state index >= 15 is 0 Å². The van der Waals surface area contributed by atoms with Crippen molar-refractivity contribution in [1.29, 1.82) is 0 Å².